The average Bonchev–Trinajstić information content (AvgIpc) is 2.11. The Morgan fingerprint density at radius 2 is 1.89 bits per heavy atom. The van der Waals surface area contributed by atoms with Gasteiger partial charge in [-0.05, 0) is 25.7 Å². The van der Waals surface area contributed by atoms with Crippen LogP contribution in [0.4, 0.5) is 0 Å². The van der Waals surface area contributed by atoms with Gasteiger partial charge in [-0.1, -0.05) is 19.6 Å². The van der Waals surface area contributed by atoms with Crippen LogP contribution in [-0.2, 0) is 9.22 Å². The molecule has 19 heavy (non-hydrogen) atoms. The summed E-state index contributed by atoms with van der Waals surface area (Å²) in [6.45, 7) is 14.3. The van der Waals surface area contributed by atoms with Crippen molar-refractivity contribution in [1.29, 1.82) is 0 Å². The lowest BCUT2D eigenvalue weighted by Crippen LogP contribution is -2.63. The molecule has 1 unspecified atom stereocenters. The molecule has 7 heteroatoms. The van der Waals surface area contributed by atoms with E-state index in [1.807, 2.05) is 12.3 Å². The summed E-state index contributed by atoms with van der Waals surface area (Å²) in [7, 11) is -3.53. The molecule has 1 heterocycles. The van der Waals surface area contributed by atoms with Crippen LogP contribution in [0.15, 0.2) is 17.3 Å². The quantitative estimate of drug-likeness (QED) is 0.784. The number of amides is 1. The van der Waals surface area contributed by atoms with E-state index in [0.717, 1.165) is 0 Å². The Morgan fingerprint density at radius 3 is 2.32 bits per heavy atom. The zero-order valence-corrected chi connectivity index (χ0v) is 14.9. The van der Waals surface area contributed by atoms with Crippen molar-refractivity contribution in [2.24, 2.45) is 4.99 Å². The molecular formula is C12H25N3O2Si2. The summed E-state index contributed by atoms with van der Waals surface area (Å²) in [4.78, 5) is 16.2. The lowest BCUT2D eigenvalue weighted by molar-refractivity contribution is -0.119. The van der Waals surface area contributed by atoms with Gasteiger partial charge >= 0.3 is 0 Å². The van der Waals surface area contributed by atoms with Crippen molar-refractivity contribution in [3.8, 4) is 0 Å². The number of nitrogens with one attached hydrogen (secondary N) is 2. The second-order valence-corrected chi connectivity index (χ2v) is 16.5. The Balaban J connectivity index is 3.13. The molecule has 1 aliphatic heterocycles. The first-order valence-electron chi connectivity index (χ1n) is 6.47. The van der Waals surface area contributed by atoms with Crippen LogP contribution in [0.5, 0.6) is 0 Å². The highest BCUT2D eigenvalue weighted by atomic mass is 28.4. The SMILES string of the molecule is CC(=O)NC1([Si](C)(C)C)C=CNC(O[Si](C)(C)C)=N1. The zero-order valence-electron chi connectivity index (χ0n) is 12.9. The number of rotatable bonds is 3. The predicted octanol–water partition coefficient (Wildman–Crippen LogP) is 2.02. The molecule has 0 bridgehead atoms. The van der Waals surface area contributed by atoms with Crippen molar-refractivity contribution in [2.75, 3.05) is 0 Å². The summed E-state index contributed by atoms with van der Waals surface area (Å²) in [6.07, 6.45) is 3.74. The fraction of sp³-hybridized carbons (Fsp3) is 0.667. The topological polar surface area (TPSA) is 62.7 Å². The van der Waals surface area contributed by atoms with Gasteiger partial charge in [0.25, 0.3) is 6.02 Å². The minimum Gasteiger partial charge on any atom is -0.519 e. The molecule has 2 N–H and O–H groups in total. The van der Waals surface area contributed by atoms with Crippen molar-refractivity contribution >= 4 is 28.3 Å². The van der Waals surface area contributed by atoms with Crippen LogP contribution in [-0.4, -0.2) is 33.6 Å². The number of aliphatic imine (C=N–C) groups is 1. The van der Waals surface area contributed by atoms with Crippen LogP contribution in [0.1, 0.15) is 6.92 Å². The number of hydrogen-bond donors (Lipinski definition) is 2. The van der Waals surface area contributed by atoms with Crippen LogP contribution >= 0.6 is 0 Å². The summed E-state index contributed by atoms with van der Waals surface area (Å²) >= 11 is 0. The largest absolute Gasteiger partial charge is 0.519 e. The van der Waals surface area contributed by atoms with E-state index in [2.05, 4.69) is 54.9 Å². The summed E-state index contributed by atoms with van der Waals surface area (Å²) < 4.78 is 5.91. The Bertz CT molecular complexity index is 422. The minimum atomic E-state index is -1.80. The fourth-order valence-corrected chi connectivity index (χ4v) is 4.00. The summed E-state index contributed by atoms with van der Waals surface area (Å²) in [5, 5.41) is 5.38. The molecule has 5 nitrogen and oxygen atoms in total. The van der Waals surface area contributed by atoms with E-state index in [-0.39, 0.29) is 5.91 Å². The highest BCUT2D eigenvalue weighted by Gasteiger charge is 2.44. The second-order valence-electron chi connectivity index (χ2n) is 6.81. The maximum Gasteiger partial charge on any atom is 0.277 e. The first kappa shape index (κ1) is 16.0. The third-order valence-electron chi connectivity index (χ3n) is 2.72. The number of carbonyl (C=O) groups is 1. The number of carbonyl (C=O) groups excluding carboxylic acids is 1. The maximum atomic E-state index is 11.5. The highest BCUT2D eigenvalue weighted by molar-refractivity contribution is 6.80. The van der Waals surface area contributed by atoms with Crippen LogP contribution in [0.2, 0.25) is 39.3 Å². The zero-order chi connectivity index (χ0) is 14.9. The second kappa shape index (κ2) is 5.12. The highest BCUT2D eigenvalue weighted by Crippen LogP contribution is 2.26. The molecule has 0 radical (unpaired) electrons. The third-order valence-corrected chi connectivity index (χ3v) is 6.22. The molecule has 0 aromatic heterocycles. The van der Waals surface area contributed by atoms with Gasteiger partial charge in [0.2, 0.25) is 14.2 Å². The van der Waals surface area contributed by atoms with Gasteiger partial charge in [-0.2, -0.15) is 0 Å². The molecule has 0 aromatic rings. The maximum absolute atomic E-state index is 11.5. The van der Waals surface area contributed by atoms with Gasteiger partial charge in [-0.25, -0.2) is 4.99 Å². The van der Waals surface area contributed by atoms with Crippen molar-refractivity contribution in [1.82, 2.24) is 10.6 Å². The molecule has 1 atom stereocenters. The van der Waals surface area contributed by atoms with Gasteiger partial charge in [-0.15, -0.1) is 0 Å². The Morgan fingerprint density at radius 1 is 1.32 bits per heavy atom. The van der Waals surface area contributed by atoms with Crippen LogP contribution in [0, 0.1) is 0 Å². The number of nitrogens with zero attached hydrogens (tertiary/aromatic N) is 1. The van der Waals surface area contributed by atoms with Gasteiger partial charge in [0.05, 0.1) is 0 Å². The van der Waals surface area contributed by atoms with Gasteiger partial charge in [-0.3, -0.25) is 4.79 Å². The van der Waals surface area contributed by atoms with E-state index in [1.54, 1.807) is 0 Å². The van der Waals surface area contributed by atoms with Crippen molar-refractivity contribution in [3.05, 3.63) is 12.3 Å². The molecule has 0 saturated heterocycles. The van der Waals surface area contributed by atoms with Crippen molar-refractivity contribution in [2.45, 2.75) is 51.5 Å². The van der Waals surface area contributed by atoms with Crippen molar-refractivity contribution < 1.29 is 9.22 Å². The van der Waals surface area contributed by atoms with E-state index < -0.39 is 21.7 Å². The number of amidine groups is 1. The van der Waals surface area contributed by atoms with E-state index in [1.165, 1.54) is 6.92 Å². The Kier molecular flexibility index (Phi) is 4.31. The molecule has 0 fully saturated rings. The third kappa shape index (κ3) is 4.20. The van der Waals surface area contributed by atoms with Gasteiger partial charge in [0.15, 0.2) is 0 Å². The van der Waals surface area contributed by atoms with Crippen molar-refractivity contribution in [3.63, 3.8) is 0 Å². The summed E-state index contributed by atoms with van der Waals surface area (Å²) in [6, 6.07) is 0.512. The minimum absolute atomic E-state index is 0.0786. The molecule has 0 aromatic carbocycles. The Labute approximate surface area is 117 Å². The molecule has 108 valence electrons. The lowest BCUT2D eigenvalue weighted by atomic mass is 10.4. The van der Waals surface area contributed by atoms with Crippen LogP contribution < -0.4 is 10.6 Å². The van der Waals surface area contributed by atoms with E-state index in [4.69, 9.17) is 4.43 Å². The molecule has 0 spiro atoms. The normalized spacial score (nSPS) is 23.4. The van der Waals surface area contributed by atoms with E-state index in [9.17, 15) is 4.79 Å². The Hall–Kier alpha value is -1.09. The first-order valence-corrected chi connectivity index (χ1v) is 13.4. The molecule has 0 aliphatic carbocycles. The average molecular weight is 300 g/mol. The summed E-state index contributed by atoms with van der Waals surface area (Å²) in [5.41, 5.74) is 0. The molecule has 1 amide bonds. The van der Waals surface area contributed by atoms with Gasteiger partial charge in [0, 0.05) is 13.1 Å². The predicted molar refractivity (Wildman–Crippen MR) is 84.0 cm³/mol. The molecule has 0 saturated carbocycles. The standard InChI is InChI=1S/C12H25N3O2Si2/c1-10(16)14-12(18(2,3)4)8-9-13-11(15-12)17-19(5,6)7/h8-9H,1-7H3,(H,13,15)(H,14,16). The van der Waals surface area contributed by atoms with E-state index in [0.29, 0.717) is 6.02 Å². The van der Waals surface area contributed by atoms with Crippen LogP contribution in [0.25, 0.3) is 0 Å². The van der Waals surface area contributed by atoms with Crippen LogP contribution in [0.3, 0.4) is 0 Å². The smallest absolute Gasteiger partial charge is 0.277 e. The van der Waals surface area contributed by atoms with Gasteiger partial charge < -0.3 is 15.1 Å². The molecular weight excluding hydrogens is 274 g/mol. The first-order chi connectivity index (χ1) is 8.45. The number of hydrogen-bond acceptors (Lipinski definition) is 4. The fourth-order valence-electron chi connectivity index (χ4n) is 1.75. The monoisotopic (exact) mass is 299 g/mol. The van der Waals surface area contributed by atoms with Gasteiger partial charge in [0.1, 0.15) is 13.4 Å². The molecule has 1 rings (SSSR count). The summed E-state index contributed by atoms with van der Waals surface area (Å²) in [5.74, 6) is -0.0786. The molecule has 1 aliphatic rings. The lowest BCUT2D eigenvalue weighted by Gasteiger charge is -2.40. The van der Waals surface area contributed by atoms with E-state index >= 15 is 0 Å².